The van der Waals surface area contributed by atoms with Crippen LogP contribution in [0.5, 0.6) is 0 Å². The minimum absolute atomic E-state index is 0.429. The Kier molecular flexibility index (Phi) is 5.32. The van der Waals surface area contributed by atoms with Crippen LogP contribution in [0.4, 0.5) is 0 Å². The van der Waals surface area contributed by atoms with Crippen molar-refractivity contribution in [2.45, 2.75) is 44.8 Å². The molecule has 1 aliphatic carbocycles. The maximum Gasteiger partial charge on any atom is 0.0829 e. The Labute approximate surface area is 123 Å². The lowest BCUT2D eigenvalue weighted by Crippen LogP contribution is -2.50. The molecule has 4 nitrogen and oxygen atoms in total. The number of nitrogens with one attached hydrogen (secondary N) is 1. The molecule has 0 aromatic rings. The van der Waals surface area contributed by atoms with E-state index >= 15 is 0 Å². The summed E-state index contributed by atoms with van der Waals surface area (Å²) in [7, 11) is 0. The number of nitrogens with zero attached hydrogens (tertiary/aromatic N) is 2. The summed E-state index contributed by atoms with van der Waals surface area (Å²) >= 11 is 0. The molecule has 0 radical (unpaired) electrons. The SMILES string of the molecule is CCN1CCOC(CN2CCCC(CNC3CC3)C2)C1. The zero-order valence-electron chi connectivity index (χ0n) is 13.0. The summed E-state index contributed by atoms with van der Waals surface area (Å²) in [5.74, 6) is 0.857. The Morgan fingerprint density at radius 1 is 1.10 bits per heavy atom. The van der Waals surface area contributed by atoms with Crippen LogP contribution in [0.2, 0.25) is 0 Å². The van der Waals surface area contributed by atoms with Crippen molar-refractivity contribution >= 4 is 0 Å². The predicted octanol–water partition coefficient (Wildman–Crippen LogP) is 1.17. The number of hydrogen-bond donors (Lipinski definition) is 1. The lowest BCUT2D eigenvalue weighted by atomic mass is 9.97. The summed E-state index contributed by atoms with van der Waals surface area (Å²) in [6.07, 6.45) is 6.00. The van der Waals surface area contributed by atoms with Crippen molar-refractivity contribution in [1.29, 1.82) is 0 Å². The van der Waals surface area contributed by atoms with Crippen LogP contribution in [-0.2, 0) is 4.74 Å². The van der Waals surface area contributed by atoms with Gasteiger partial charge < -0.3 is 15.0 Å². The molecule has 2 heterocycles. The zero-order chi connectivity index (χ0) is 13.8. The van der Waals surface area contributed by atoms with E-state index in [1.54, 1.807) is 0 Å². The van der Waals surface area contributed by atoms with Gasteiger partial charge in [0.15, 0.2) is 0 Å². The summed E-state index contributed by atoms with van der Waals surface area (Å²) < 4.78 is 5.96. The predicted molar refractivity (Wildman–Crippen MR) is 82.0 cm³/mol. The van der Waals surface area contributed by atoms with Crippen molar-refractivity contribution < 1.29 is 4.74 Å². The Balaban J connectivity index is 1.39. The summed E-state index contributed by atoms with van der Waals surface area (Å²) in [5.41, 5.74) is 0. The van der Waals surface area contributed by atoms with E-state index in [1.807, 2.05) is 0 Å². The molecule has 3 aliphatic rings. The number of piperidine rings is 1. The number of rotatable bonds is 6. The summed E-state index contributed by atoms with van der Waals surface area (Å²) in [6.45, 7) is 11.5. The van der Waals surface area contributed by atoms with Gasteiger partial charge in [-0.1, -0.05) is 6.92 Å². The first kappa shape index (κ1) is 14.8. The van der Waals surface area contributed by atoms with Gasteiger partial charge in [0.1, 0.15) is 0 Å². The molecule has 20 heavy (non-hydrogen) atoms. The molecule has 0 spiro atoms. The van der Waals surface area contributed by atoms with Gasteiger partial charge in [0.05, 0.1) is 12.7 Å². The third kappa shape index (κ3) is 4.42. The second-order valence-corrected chi connectivity index (χ2v) is 6.84. The highest BCUT2D eigenvalue weighted by atomic mass is 16.5. The monoisotopic (exact) mass is 281 g/mol. The van der Waals surface area contributed by atoms with Gasteiger partial charge in [-0.3, -0.25) is 4.90 Å². The first-order valence-corrected chi connectivity index (χ1v) is 8.63. The third-order valence-corrected chi connectivity index (χ3v) is 5.01. The van der Waals surface area contributed by atoms with Crippen molar-refractivity contribution in [2.24, 2.45) is 5.92 Å². The van der Waals surface area contributed by atoms with Crippen LogP contribution >= 0.6 is 0 Å². The quantitative estimate of drug-likeness (QED) is 0.791. The van der Waals surface area contributed by atoms with E-state index in [2.05, 4.69) is 22.0 Å². The molecule has 3 fully saturated rings. The zero-order valence-corrected chi connectivity index (χ0v) is 13.0. The van der Waals surface area contributed by atoms with Crippen LogP contribution in [0.1, 0.15) is 32.6 Å². The molecule has 0 amide bonds. The lowest BCUT2D eigenvalue weighted by Gasteiger charge is -2.38. The summed E-state index contributed by atoms with van der Waals surface area (Å²) in [5, 5.41) is 3.70. The molecule has 2 saturated heterocycles. The van der Waals surface area contributed by atoms with Crippen molar-refractivity contribution in [3.63, 3.8) is 0 Å². The van der Waals surface area contributed by atoms with Crippen molar-refractivity contribution in [1.82, 2.24) is 15.1 Å². The average molecular weight is 281 g/mol. The molecule has 0 bridgehead atoms. The second-order valence-electron chi connectivity index (χ2n) is 6.84. The van der Waals surface area contributed by atoms with Crippen LogP contribution in [0, 0.1) is 5.92 Å². The van der Waals surface area contributed by atoms with Crippen LogP contribution < -0.4 is 5.32 Å². The molecular weight excluding hydrogens is 250 g/mol. The number of hydrogen-bond acceptors (Lipinski definition) is 4. The summed E-state index contributed by atoms with van der Waals surface area (Å²) in [4.78, 5) is 5.16. The number of morpholine rings is 1. The summed E-state index contributed by atoms with van der Waals surface area (Å²) in [6, 6.07) is 0.852. The molecule has 2 unspecified atom stereocenters. The van der Waals surface area contributed by atoms with Crippen LogP contribution in [-0.4, -0.2) is 74.4 Å². The van der Waals surface area contributed by atoms with E-state index in [-0.39, 0.29) is 0 Å². The smallest absolute Gasteiger partial charge is 0.0829 e. The fourth-order valence-corrected chi connectivity index (χ4v) is 3.57. The van der Waals surface area contributed by atoms with E-state index in [4.69, 9.17) is 4.74 Å². The van der Waals surface area contributed by atoms with Gasteiger partial charge >= 0.3 is 0 Å². The molecule has 4 heteroatoms. The topological polar surface area (TPSA) is 27.7 Å². The Morgan fingerprint density at radius 3 is 2.80 bits per heavy atom. The molecule has 2 aliphatic heterocycles. The highest BCUT2D eigenvalue weighted by molar-refractivity contribution is 4.84. The van der Waals surface area contributed by atoms with E-state index in [1.165, 1.54) is 45.3 Å². The van der Waals surface area contributed by atoms with E-state index in [0.29, 0.717) is 6.10 Å². The Hall–Kier alpha value is -0.160. The van der Waals surface area contributed by atoms with Gasteiger partial charge in [-0.05, 0) is 51.2 Å². The maximum atomic E-state index is 5.96. The minimum atomic E-state index is 0.429. The number of likely N-dealkylation sites (N-methyl/N-ethyl adjacent to an activating group) is 1. The minimum Gasteiger partial charge on any atom is -0.374 e. The van der Waals surface area contributed by atoms with Gasteiger partial charge in [0.2, 0.25) is 0 Å². The molecule has 0 aromatic heterocycles. The normalized spacial score (nSPS) is 33.5. The second kappa shape index (κ2) is 7.21. The van der Waals surface area contributed by atoms with Gasteiger partial charge in [0.25, 0.3) is 0 Å². The van der Waals surface area contributed by atoms with Gasteiger partial charge in [-0.15, -0.1) is 0 Å². The molecule has 1 N–H and O–H groups in total. The van der Waals surface area contributed by atoms with E-state index in [0.717, 1.165) is 44.7 Å². The standard InChI is InChI=1S/C16H31N3O/c1-2-18-8-9-20-16(12-18)13-19-7-3-4-14(11-19)10-17-15-5-6-15/h14-17H,2-13H2,1H3. The third-order valence-electron chi connectivity index (χ3n) is 5.01. The Bertz CT molecular complexity index is 295. The van der Waals surface area contributed by atoms with E-state index in [9.17, 15) is 0 Å². The van der Waals surface area contributed by atoms with Gasteiger partial charge in [0, 0.05) is 32.2 Å². The maximum absolute atomic E-state index is 5.96. The fourth-order valence-electron chi connectivity index (χ4n) is 3.57. The molecule has 0 aromatic carbocycles. The number of ether oxygens (including phenoxy) is 1. The van der Waals surface area contributed by atoms with Crippen molar-refractivity contribution in [3.05, 3.63) is 0 Å². The highest BCUT2D eigenvalue weighted by Gasteiger charge is 2.27. The molecule has 3 rings (SSSR count). The molecular formula is C16H31N3O. The Morgan fingerprint density at radius 2 is 2.00 bits per heavy atom. The molecule has 116 valence electrons. The highest BCUT2D eigenvalue weighted by Crippen LogP contribution is 2.21. The lowest BCUT2D eigenvalue weighted by molar-refractivity contribution is -0.0462. The largest absolute Gasteiger partial charge is 0.374 e. The van der Waals surface area contributed by atoms with Gasteiger partial charge in [-0.2, -0.15) is 0 Å². The number of likely N-dealkylation sites (tertiary alicyclic amines) is 1. The van der Waals surface area contributed by atoms with Crippen LogP contribution in [0.3, 0.4) is 0 Å². The fraction of sp³-hybridized carbons (Fsp3) is 1.00. The van der Waals surface area contributed by atoms with Gasteiger partial charge in [-0.25, -0.2) is 0 Å². The molecule has 1 saturated carbocycles. The first-order chi connectivity index (χ1) is 9.83. The van der Waals surface area contributed by atoms with E-state index < -0.39 is 0 Å². The first-order valence-electron chi connectivity index (χ1n) is 8.63. The molecule has 2 atom stereocenters. The van der Waals surface area contributed by atoms with Crippen molar-refractivity contribution in [2.75, 3.05) is 52.4 Å². The van der Waals surface area contributed by atoms with Crippen LogP contribution in [0.25, 0.3) is 0 Å². The van der Waals surface area contributed by atoms with Crippen molar-refractivity contribution in [3.8, 4) is 0 Å². The average Bonchev–Trinajstić information content (AvgIpc) is 3.30. The van der Waals surface area contributed by atoms with Crippen LogP contribution in [0.15, 0.2) is 0 Å².